The molecule has 0 radical (unpaired) electrons. The SMILES string of the molecule is CC(C)(C)c1ccc(-c2nc(=O)c3c(-c4ccc(C(C)(C)C)cc4)nc(=O)c2=3)cc1. The standard InChI is InChI=1S/C26H26N2O2/c1-25(2,3)17-11-7-15(8-12-17)21-19-20(24(30)27-21)22(28-23(19)29)16-9-13-18(14-10-16)26(4,5)6/h7-14H,1-6H3. The first-order chi connectivity index (χ1) is 14.0. The minimum absolute atomic E-state index is 0.0228. The van der Waals surface area contributed by atoms with Crippen molar-refractivity contribution in [3.8, 4) is 22.5 Å². The molecular weight excluding hydrogens is 372 g/mol. The highest BCUT2D eigenvalue weighted by molar-refractivity contribution is 5.67. The molecule has 0 saturated heterocycles. The average molecular weight is 399 g/mol. The van der Waals surface area contributed by atoms with Crippen LogP contribution in [0, 0.1) is 10.4 Å². The van der Waals surface area contributed by atoms with Crippen molar-refractivity contribution >= 4 is 0 Å². The van der Waals surface area contributed by atoms with E-state index < -0.39 is 11.1 Å². The Hall–Kier alpha value is -3.14. The minimum atomic E-state index is -0.399. The van der Waals surface area contributed by atoms with E-state index in [1.165, 1.54) is 11.1 Å². The van der Waals surface area contributed by atoms with Gasteiger partial charge < -0.3 is 0 Å². The zero-order chi connectivity index (χ0) is 21.8. The van der Waals surface area contributed by atoms with Crippen molar-refractivity contribution in [1.29, 1.82) is 0 Å². The molecule has 0 atom stereocenters. The second-order valence-electron chi connectivity index (χ2n) is 9.94. The summed E-state index contributed by atoms with van der Waals surface area (Å²) in [5, 5.41) is 0.636. The van der Waals surface area contributed by atoms with Gasteiger partial charge in [-0.15, -0.1) is 0 Å². The van der Waals surface area contributed by atoms with Crippen LogP contribution in [0.1, 0.15) is 52.7 Å². The Morgan fingerprint density at radius 3 is 1.10 bits per heavy atom. The van der Waals surface area contributed by atoms with E-state index in [1.807, 2.05) is 48.5 Å². The first-order valence-corrected chi connectivity index (χ1v) is 10.2. The van der Waals surface area contributed by atoms with Crippen molar-refractivity contribution in [2.75, 3.05) is 0 Å². The van der Waals surface area contributed by atoms with Gasteiger partial charge in [-0.25, -0.2) is 9.97 Å². The molecule has 0 amide bonds. The first-order valence-electron chi connectivity index (χ1n) is 10.2. The van der Waals surface area contributed by atoms with Crippen molar-refractivity contribution < 1.29 is 0 Å². The molecule has 0 unspecified atom stereocenters. The number of aromatic nitrogens is 2. The molecular formula is C26H26N2O2. The van der Waals surface area contributed by atoms with Crippen molar-refractivity contribution in [1.82, 2.24) is 9.97 Å². The molecule has 0 aliphatic carbocycles. The van der Waals surface area contributed by atoms with E-state index in [1.54, 1.807) is 0 Å². The largest absolute Gasteiger partial charge is 0.280 e. The molecule has 30 heavy (non-hydrogen) atoms. The summed E-state index contributed by atoms with van der Waals surface area (Å²) in [6, 6.07) is 15.8. The summed E-state index contributed by atoms with van der Waals surface area (Å²) in [6.07, 6.45) is 0. The quantitative estimate of drug-likeness (QED) is 0.490. The van der Waals surface area contributed by atoms with Gasteiger partial charge in [0.05, 0.1) is 21.8 Å². The van der Waals surface area contributed by atoms with E-state index >= 15 is 0 Å². The Morgan fingerprint density at radius 2 is 0.833 bits per heavy atom. The molecule has 4 rings (SSSR count). The van der Waals surface area contributed by atoms with Crippen LogP contribution in [0.4, 0.5) is 0 Å². The fraction of sp³-hybridized carbons (Fsp3) is 0.308. The van der Waals surface area contributed by atoms with Gasteiger partial charge >= 0.3 is 0 Å². The molecule has 2 heterocycles. The predicted octanol–water partition coefficient (Wildman–Crippen LogP) is 4.73. The van der Waals surface area contributed by atoms with E-state index in [0.717, 1.165) is 11.1 Å². The predicted molar refractivity (Wildman–Crippen MR) is 121 cm³/mol. The Kier molecular flexibility index (Phi) is 4.50. The topological polar surface area (TPSA) is 59.9 Å². The lowest BCUT2D eigenvalue weighted by molar-refractivity contribution is 0.590. The lowest BCUT2D eigenvalue weighted by atomic mass is 9.86. The zero-order valence-corrected chi connectivity index (χ0v) is 18.3. The van der Waals surface area contributed by atoms with Crippen molar-refractivity contribution in [2.24, 2.45) is 0 Å². The highest BCUT2D eigenvalue weighted by Gasteiger charge is 2.21. The maximum absolute atomic E-state index is 12.7. The molecule has 0 spiro atoms. The molecule has 0 aromatic heterocycles. The third kappa shape index (κ3) is 3.36. The van der Waals surface area contributed by atoms with Crippen LogP contribution in [0.2, 0.25) is 0 Å². The molecule has 2 aromatic carbocycles. The molecule has 0 saturated carbocycles. The summed E-state index contributed by atoms with van der Waals surface area (Å²) >= 11 is 0. The Labute approximate surface area is 176 Å². The van der Waals surface area contributed by atoms with Gasteiger partial charge in [-0.3, -0.25) is 9.59 Å². The van der Waals surface area contributed by atoms with Gasteiger partial charge in [0.25, 0.3) is 11.1 Å². The fourth-order valence-electron chi connectivity index (χ4n) is 3.75. The van der Waals surface area contributed by atoms with Crippen LogP contribution in [0.5, 0.6) is 0 Å². The zero-order valence-electron chi connectivity index (χ0n) is 18.3. The smallest absolute Gasteiger partial charge is 0.267 e. The summed E-state index contributed by atoms with van der Waals surface area (Å²) < 4.78 is 0. The molecule has 4 heteroatoms. The lowest BCUT2D eigenvalue weighted by Gasteiger charge is -2.18. The lowest BCUT2D eigenvalue weighted by Crippen LogP contribution is -2.10. The second-order valence-corrected chi connectivity index (χ2v) is 9.94. The fourth-order valence-corrected chi connectivity index (χ4v) is 3.75. The molecule has 0 bridgehead atoms. The Bertz CT molecular complexity index is 1250. The van der Waals surface area contributed by atoms with E-state index in [2.05, 4.69) is 51.5 Å². The molecule has 152 valence electrons. The van der Waals surface area contributed by atoms with Crippen LogP contribution in [0.15, 0.2) is 58.1 Å². The number of hydrogen-bond acceptors (Lipinski definition) is 4. The highest BCUT2D eigenvalue weighted by atomic mass is 16.1. The molecule has 2 aromatic rings. The van der Waals surface area contributed by atoms with E-state index in [4.69, 9.17) is 0 Å². The highest BCUT2D eigenvalue weighted by Crippen LogP contribution is 2.28. The van der Waals surface area contributed by atoms with Gasteiger partial charge in [0.2, 0.25) is 0 Å². The van der Waals surface area contributed by atoms with Gasteiger partial charge in [-0.1, -0.05) is 90.1 Å². The summed E-state index contributed by atoms with van der Waals surface area (Å²) in [5.41, 5.74) is 3.97. The van der Waals surface area contributed by atoms with Gasteiger partial charge in [0, 0.05) is 11.1 Å². The summed E-state index contributed by atoms with van der Waals surface area (Å²) in [6.45, 7) is 12.9. The van der Waals surface area contributed by atoms with Gasteiger partial charge in [0.1, 0.15) is 0 Å². The van der Waals surface area contributed by atoms with Crippen molar-refractivity contribution in [3.05, 3.63) is 90.8 Å². The molecule has 0 fully saturated rings. The minimum Gasteiger partial charge on any atom is -0.267 e. The Balaban J connectivity index is 1.87. The third-order valence-electron chi connectivity index (χ3n) is 5.63. The normalized spacial score (nSPS) is 12.6. The molecule has 4 nitrogen and oxygen atoms in total. The monoisotopic (exact) mass is 398 g/mol. The summed E-state index contributed by atoms with van der Waals surface area (Å²) in [5.74, 6) is 0. The van der Waals surface area contributed by atoms with Crippen LogP contribution < -0.4 is 11.1 Å². The van der Waals surface area contributed by atoms with Crippen molar-refractivity contribution in [2.45, 2.75) is 52.4 Å². The molecule has 0 N–H and O–H groups in total. The van der Waals surface area contributed by atoms with Crippen LogP contribution >= 0.6 is 0 Å². The van der Waals surface area contributed by atoms with E-state index in [-0.39, 0.29) is 10.8 Å². The van der Waals surface area contributed by atoms with E-state index in [9.17, 15) is 9.59 Å². The second kappa shape index (κ2) is 6.69. The van der Waals surface area contributed by atoms with Gasteiger partial charge in [0.15, 0.2) is 0 Å². The maximum atomic E-state index is 12.7. The summed E-state index contributed by atoms with van der Waals surface area (Å²) in [7, 11) is 0. The Morgan fingerprint density at radius 1 is 0.533 bits per heavy atom. The van der Waals surface area contributed by atoms with Gasteiger partial charge in [-0.2, -0.15) is 0 Å². The van der Waals surface area contributed by atoms with Crippen LogP contribution in [0.3, 0.4) is 0 Å². The maximum Gasteiger partial charge on any atom is 0.280 e. The number of hydrogen-bond donors (Lipinski definition) is 0. The van der Waals surface area contributed by atoms with Crippen LogP contribution in [0.25, 0.3) is 22.5 Å². The van der Waals surface area contributed by atoms with Crippen LogP contribution in [-0.4, -0.2) is 9.97 Å². The number of nitrogens with zero attached hydrogens (tertiary/aromatic N) is 2. The number of benzene rings is 2. The summed E-state index contributed by atoms with van der Waals surface area (Å²) in [4.78, 5) is 33.9. The van der Waals surface area contributed by atoms with Crippen LogP contribution in [-0.2, 0) is 10.8 Å². The average Bonchev–Trinajstić information content (AvgIpc) is 3.19. The molecule has 2 aliphatic heterocycles. The van der Waals surface area contributed by atoms with E-state index in [0.29, 0.717) is 21.8 Å². The third-order valence-corrected chi connectivity index (χ3v) is 5.63. The van der Waals surface area contributed by atoms with Crippen molar-refractivity contribution in [3.63, 3.8) is 0 Å². The number of rotatable bonds is 2. The van der Waals surface area contributed by atoms with Gasteiger partial charge in [-0.05, 0) is 22.0 Å². The molecule has 2 aliphatic rings. The first kappa shape index (κ1) is 20.1.